The Bertz CT molecular complexity index is 1350. The van der Waals surface area contributed by atoms with Crippen molar-refractivity contribution in [1.82, 2.24) is 0 Å². The lowest BCUT2D eigenvalue weighted by Crippen LogP contribution is -1.90. The molecular formula is C28H20O. The van der Waals surface area contributed by atoms with Crippen molar-refractivity contribution >= 4 is 21.5 Å². The van der Waals surface area contributed by atoms with E-state index in [4.69, 9.17) is 4.42 Å². The molecule has 0 amide bonds. The van der Waals surface area contributed by atoms with Crippen LogP contribution < -0.4 is 0 Å². The molecule has 0 unspecified atom stereocenters. The van der Waals surface area contributed by atoms with Crippen molar-refractivity contribution in [3.63, 3.8) is 0 Å². The van der Waals surface area contributed by atoms with Gasteiger partial charge in [-0.3, -0.25) is 0 Å². The SMILES string of the molecule is C(#Cc1ccc2cccc(Cc3ccc4cocc4c3)c2c1)Cc1ccccc1. The molecule has 1 aromatic heterocycles. The first-order valence-corrected chi connectivity index (χ1v) is 9.84. The van der Waals surface area contributed by atoms with E-state index in [2.05, 4.69) is 90.7 Å². The molecule has 0 aliphatic heterocycles. The summed E-state index contributed by atoms with van der Waals surface area (Å²) in [7, 11) is 0. The maximum Gasteiger partial charge on any atom is 0.0981 e. The highest BCUT2D eigenvalue weighted by molar-refractivity contribution is 5.88. The predicted molar refractivity (Wildman–Crippen MR) is 120 cm³/mol. The smallest absolute Gasteiger partial charge is 0.0981 e. The van der Waals surface area contributed by atoms with Gasteiger partial charge in [0.15, 0.2) is 0 Å². The second-order valence-electron chi connectivity index (χ2n) is 7.33. The molecule has 0 aliphatic carbocycles. The summed E-state index contributed by atoms with van der Waals surface area (Å²) in [6.07, 6.45) is 5.25. The Labute approximate surface area is 170 Å². The van der Waals surface area contributed by atoms with Crippen LogP contribution in [0.3, 0.4) is 0 Å². The zero-order valence-electron chi connectivity index (χ0n) is 16.1. The number of furan rings is 1. The number of rotatable bonds is 3. The largest absolute Gasteiger partial charge is 0.471 e. The van der Waals surface area contributed by atoms with Crippen LogP contribution in [0, 0.1) is 11.8 Å². The van der Waals surface area contributed by atoms with Gasteiger partial charge >= 0.3 is 0 Å². The first-order chi connectivity index (χ1) is 14.3. The second kappa shape index (κ2) is 7.70. The highest BCUT2D eigenvalue weighted by Gasteiger charge is 2.05. The van der Waals surface area contributed by atoms with Gasteiger partial charge in [0.25, 0.3) is 0 Å². The Morgan fingerprint density at radius 1 is 0.655 bits per heavy atom. The number of fused-ring (bicyclic) bond motifs is 2. The van der Waals surface area contributed by atoms with Crippen molar-refractivity contribution in [2.75, 3.05) is 0 Å². The molecule has 0 bridgehead atoms. The third kappa shape index (κ3) is 3.79. The van der Waals surface area contributed by atoms with Gasteiger partial charge in [0, 0.05) is 22.8 Å². The molecule has 1 heterocycles. The van der Waals surface area contributed by atoms with Crippen LogP contribution in [-0.4, -0.2) is 0 Å². The zero-order valence-corrected chi connectivity index (χ0v) is 16.1. The highest BCUT2D eigenvalue weighted by Crippen LogP contribution is 2.25. The Kier molecular flexibility index (Phi) is 4.60. The fourth-order valence-corrected chi connectivity index (χ4v) is 3.76. The lowest BCUT2D eigenvalue weighted by Gasteiger charge is -2.08. The summed E-state index contributed by atoms with van der Waals surface area (Å²) in [6.45, 7) is 0. The van der Waals surface area contributed by atoms with Gasteiger partial charge in [0.05, 0.1) is 12.5 Å². The summed E-state index contributed by atoms with van der Waals surface area (Å²) in [5.74, 6) is 6.64. The number of benzene rings is 4. The van der Waals surface area contributed by atoms with E-state index in [1.165, 1.54) is 27.5 Å². The van der Waals surface area contributed by atoms with Gasteiger partial charge in [-0.2, -0.15) is 0 Å². The summed E-state index contributed by atoms with van der Waals surface area (Å²) in [5, 5.41) is 4.81. The number of hydrogen-bond acceptors (Lipinski definition) is 1. The second-order valence-corrected chi connectivity index (χ2v) is 7.33. The fraction of sp³-hybridized carbons (Fsp3) is 0.0714. The molecule has 0 atom stereocenters. The summed E-state index contributed by atoms with van der Waals surface area (Å²) < 4.78 is 5.31. The molecule has 1 heteroatoms. The Morgan fingerprint density at radius 3 is 2.45 bits per heavy atom. The van der Waals surface area contributed by atoms with Crippen LogP contribution in [0.2, 0.25) is 0 Å². The molecule has 5 rings (SSSR count). The standard InChI is InChI=1S/C28H20O/c1-2-6-21(7-3-1)8-4-9-22-12-14-24-10-5-11-25(28(24)18-22)16-23-13-15-26-19-29-20-27(26)17-23/h1-3,5-7,10-15,17-20H,8,16H2. The molecular weight excluding hydrogens is 352 g/mol. The van der Waals surface area contributed by atoms with E-state index in [9.17, 15) is 0 Å². The Balaban J connectivity index is 1.45. The maximum atomic E-state index is 5.31. The number of hydrogen-bond donors (Lipinski definition) is 0. The van der Waals surface area contributed by atoms with Crippen LogP contribution in [0.4, 0.5) is 0 Å². The van der Waals surface area contributed by atoms with Gasteiger partial charge in [-0.15, -0.1) is 0 Å². The molecule has 4 aromatic carbocycles. The van der Waals surface area contributed by atoms with E-state index in [0.717, 1.165) is 29.2 Å². The third-order valence-electron chi connectivity index (χ3n) is 5.28. The molecule has 0 fully saturated rings. The lowest BCUT2D eigenvalue weighted by atomic mass is 9.96. The van der Waals surface area contributed by atoms with Crippen molar-refractivity contribution in [1.29, 1.82) is 0 Å². The Hall–Kier alpha value is -3.76. The third-order valence-corrected chi connectivity index (χ3v) is 5.28. The summed E-state index contributed by atoms with van der Waals surface area (Å²) >= 11 is 0. The summed E-state index contributed by atoms with van der Waals surface area (Å²) in [4.78, 5) is 0. The van der Waals surface area contributed by atoms with E-state index in [0.29, 0.717) is 0 Å². The van der Waals surface area contributed by atoms with E-state index < -0.39 is 0 Å². The average molecular weight is 372 g/mol. The monoisotopic (exact) mass is 372 g/mol. The zero-order chi connectivity index (χ0) is 19.5. The minimum absolute atomic E-state index is 0.769. The minimum atomic E-state index is 0.769. The van der Waals surface area contributed by atoms with Crippen molar-refractivity contribution < 1.29 is 4.42 Å². The van der Waals surface area contributed by atoms with Crippen LogP contribution in [0.1, 0.15) is 22.3 Å². The Morgan fingerprint density at radius 2 is 1.52 bits per heavy atom. The van der Waals surface area contributed by atoms with Gasteiger partial charge in [0.2, 0.25) is 0 Å². The topological polar surface area (TPSA) is 13.1 Å². The van der Waals surface area contributed by atoms with Crippen LogP contribution in [0.15, 0.2) is 102 Å². The molecule has 0 radical (unpaired) electrons. The van der Waals surface area contributed by atoms with Gasteiger partial charge in [-0.05, 0) is 52.1 Å². The predicted octanol–water partition coefficient (Wildman–Crippen LogP) is 6.77. The molecule has 138 valence electrons. The first-order valence-electron chi connectivity index (χ1n) is 9.84. The van der Waals surface area contributed by atoms with E-state index >= 15 is 0 Å². The molecule has 0 N–H and O–H groups in total. The summed E-state index contributed by atoms with van der Waals surface area (Å²) in [5.41, 5.74) is 4.91. The van der Waals surface area contributed by atoms with Crippen LogP contribution >= 0.6 is 0 Å². The molecule has 0 aliphatic rings. The van der Waals surface area contributed by atoms with Gasteiger partial charge in [-0.1, -0.05) is 78.6 Å². The molecule has 0 spiro atoms. The molecule has 0 saturated heterocycles. The van der Waals surface area contributed by atoms with Crippen molar-refractivity contribution in [3.05, 3.63) is 120 Å². The van der Waals surface area contributed by atoms with Crippen molar-refractivity contribution in [2.24, 2.45) is 0 Å². The fourth-order valence-electron chi connectivity index (χ4n) is 3.76. The van der Waals surface area contributed by atoms with Gasteiger partial charge in [0.1, 0.15) is 0 Å². The first kappa shape index (κ1) is 17.3. The van der Waals surface area contributed by atoms with E-state index in [1.807, 2.05) is 12.3 Å². The van der Waals surface area contributed by atoms with Crippen molar-refractivity contribution in [2.45, 2.75) is 12.8 Å². The maximum absolute atomic E-state index is 5.31. The van der Waals surface area contributed by atoms with Crippen LogP contribution in [0.25, 0.3) is 21.5 Å². The quantitative estimate of drug-likeness (QED) is 0.319. The molecule has 5 aromatic rings. The molecule has 1 nitrogen and oxygen atoms in total. The normalized spacial score (nSPS) is 10.8. The van der Waals surface area contributed by atoms with Crippen molar-refractivity contribution in [3.8, 4) is 11.8 Å². The average Bonchev–Trinajstić information content (AvgIpc) is 3.23. The van der Waals surface area contributed by atoms with Crippen LogP contribution in [0.5, 0.6) is 0 Å². The van der Waals surface area contributed by atoms with E-state index in [1.54, 1.807) is 6.26 Å². The highest BCUT2D eigenvalue weighted by atomic mass is 16.3. The lowest BCUT2D eigenvalue weighted by molar-refractivity contribution is 0.572. The van der Waals surface area contributed by atoms with Gasteiger partial charge in [-0.25, -0.2) is 0 Å². The van der Waals surface area contributed by atoms with E-state index in [-0.39, 0.29) is 0 Å². The molecule has 29 heavy (non-hydrogen) atoms. The minimum Gasteiger partial charge on any atom is -0.471 e. The van der Waals surface area contributed by atoms with Crippen LogP contribution in [-0.2, 0) is 12.8 Å². The van der Waals surface area contributed by atoms with Gasteiger partial charge < -0.3 is 4.42 Å². The summed E-state index contributed by atoms with van der Waals surface area (Å²) in [6, 6.07) is 29.9. The molecule has 0 saturated carbocycles.